The second-order valence-corrected chi connectivity index (χ2v) is 11.8. The lowest BCUT2D eigenvalue weighted by Crippen LogP contribution is -2.23. The number of carbonyl (C=O) groups is 2. The third-order valence-corrected chi connectivity index (χ3v) is 7.31. The van der Waals surface area contributed by atoms with Crippen LogP contribution in [0.15, 0.2) is 103 Å². The van der Waals surface area contributed by atoms with Crippen molar-refractivity contribution in [3.63, 3.8) is 0 Å². The highest BCUT2D eigenvalue weighted by Gasteiger charge is 2.30. The first kappa shape index (κ1) is 31.3. The minimum Gasteiger partial charge on any atom is -0.348 e. The topological polar surface area (TPSA) is 76.0 Å². The van der Waals surface area contributed by atoms with E-state index in [0.29, 0.717) is 28.9 Å². The Morgan fingerprint density at radius 2 is 1.49 bits per heavy atom. The summed E-state index contributed by atoms with van der Waals surface area (Å²) < 4.78 is 41.0. The molecule has 0 aliphatic rings. The normalized spacial score (nSPS) is 11.7. The molecule has 230 valence electrons. The second-order valence-electron chi connectivity index (χ2n) is 11.8. The molecule has 0 saturated heterocycles. The lowest BCUT2D eigenvalue weighted by atomic mass is 9.92. The van der Waals surface area contributed by atoms with Crippen LogP contribution in [0.1, 0.15) is 64.0 Å². The van der Waals surface area contributed by atoms with Gasteiger partial charge in [0, 0.05) is 34.5 Å². The second kappa shape index (κ2) is 12.4. The van der Waals surface area contributed by atoms with Crippen molar-refractivity contribution in [3.05, 3.63) is 137 Å². The molecule has 0 aliphatic heterocycles. The molecule has 0 unspecified atom stereocenters. The van der Waals surface area contributed by atoms with E-state index in [1.165, 1.54) is 12.1 Å². The summed E-state index contributed by atoms with van der Waals surface area (Å²) in [7, 11) is 0. The Bertz CT molecular complexity index is 1830. The van der Waals surface area contributed by atoms with Crippen LogP contribution < -0.4 is 10.6 Å². The Morgan fingerprint density at radius 1 is 0.800 bits per heavy atom. The first-order valence-electron chi connectivity index (χ1n) is 14.4. The Morgan fingerprint density at radius 3 is 2.16 bits per heavy atom. The number of aromatic nitrogens is 2. The van der Waals surface area contributed by atoms with Crippen LogP contribution in [0.5, 0.6) is 0 Å². The van der Waals surface area contributed by atoms with Gasteiger partial charge in [0.2, 0.25) is 0 Å². The van der Waals surface area contributed by atoms with Crippen molar-refractivity contribution in [2.24, 2.45) is 0 Å². The van der Waals surface area contributed by atoms with E-state index in [4.69, 9.17) is 0 Å². The van der Waals surface area contributed by atoms with Gasteiger partial charge in [-0.1, -0.05) is 69.3 Å². The Kier molecular flexibility index (Phi) is 8.64. The molecule has 5 rings (SSSR count). The summed E-state index contributed by atoms with van der Waals surface area (Å²) in [6.45, 7) is 8.71. The third-order valence-electron chi connectivity index (χ3n) is 7.31. The molecule has 45 heavy (non-hydrogen) atoms. The highest BCUT2D eigenvalue weighted by Crippen LogP contribution is 2.32. The average molecular weight is 611 g/mol. The number of amides is 2. The number of anilines is 1. The lowest BCUT2D eigenvalue weighted by Gasteiger charge is -2.20. The molecule has 0 bridgehead atoms. The monoisotopic (exact) mass is 610 g/mol. The molecule has 0 fully saturated rings. The van der Waals surface area contributed by atoms with Crippen molar-refractivity contribution < 1.29 is 22.8 Å². The van der Waals surface area contributed by atoms with Crippen molar-refractivity contribution in [1.82, 2.24) is 15.1 Å². The summed E-state index contributed by atoms with van der Waals surface area (Å²) >= 11 is 0. The van der Waals surface area contributed by atoms with E-state index in [9.17, 15) is 22.8 Å². The number of carbonyl (C=O) groups excluding carboxylic acids is 2. The van der Waals surface area contributed by atoms with E-state index >= 15 is 0 Å². The predicted octanol–water partition coefficient (Wildman–Crippen LogP) is 8.35. The van der Waals surface area contributed by atoms with Crippen LogP contribution >= 0.6 is 0 Å². The zero-order valence-corrected chi connectivity index (χ0v) is 25.4. The molecule has 2 N–H and O–H groups in total. The molecule has 5 aromatic rings. The van der Waals surface area contributed by atoms with Gasteiger partial charge in [-0.25, -0.2) is 4.68 Å². The number of halogens is 3. The molecule has 0 atom stereocenters. The van der Waals surface area contributed by atoms with Gasteiger partial charge in [-0.15, -0.1) is 0 Å². The molecule has 0 aliphatic carbocycles. The fourth-order valence-electron chi connectivity index (χ4n) is 4.98. The van der Waals surface area contributed by atoms with Gasteiger partial charge in [0.15, 0.2) is 0 Å². The molecule has 0 saturated carbocycles. The van der Waals surface area contributed by atoms with Gasteiger partial charge < -0.3 is 10.6 Å². The van der Waals surface area contributed by atoms with Gasteiger partial charge in [0.05, 0.1) is 16.9 Å². The van der Waals surface area contributed by atoms with Gasteiger partial charge in [-0.05, 0) is 78.2 Å². The molecular formula is C36H33F3N4O2. The van der Waals surface area contributed by atoms with E-state index in [0.717, 1.165) is 34.8 Å². The molecule has 0 spiro atoms. The number of aryl methyl sites for hydroxylation is 1. The zero-order valence-electron chi connectivity index (χ0n) is 25.4. The fraction of sp³-hybridized carbons (Fsp3) is 0.194. The van der Waals surface area contributed by atoms with Crippen LogP contribution in [0, 0.1) is 6.92 Å². The molecule has 0 radical (unpaired) electrons. The van der Waals surface area contributed by atoms with E-state index in [2.05, 4.69) is 42.6 Å². The van der Waals surface area contributed by atoms with Crippen molar-refractivity contribution >= 4 is 17.5 Å². The zero-order chi connectivity index (χ0) is 32.4. The van der Waals surface area contributed by atoms with Gasteiger partial charge >= 0.3 is 6.18 Å². The number of benzene rings is 4. The Balaban J connectivity index is 1.25. The van der Waals surface area contributed by atoms with Crippen LogP contribution in [-0.2, 0) is 18.1 Å². The average Bonchev–Trinajstić information content (AvgIpc) is 3.42. The number of rotatable bonds is 7. The molecule has 1 heterocycles. The number of alkyl halides is 3. The van der Waals surface area contributed by atoms with Crippen molar-refractivity contribution in [2.75, 3.05) is 5.32 Å². The van der Waals surface area contributed by atoms with Gasteiger partial charge in [-0.3, -0.25) is 9.59 Å². The summed E-state index contributed by atoms with van der Waals surface area (Å²) in [5.41, 5.74) is 5.08. The SMILES string of the molecule is Cc1cc(C(C)(C)C)n(-c2ccc(CNC(=O)c3cccc(NC(=O)c4ccccc4-c4ccc(C(F)(F)F)cc4)c3)cc2)n1. The highest BCUT2D eigenvalue weighted by molar-refractivity contribution is 6.09. The van der Waals surface area contributed by atoms with E-state index < -0.39 is 17.6 Å². The molecular weight excluding hydrogens is 577 g/mol. The number of hydrogen-bond acceptors (Lipinski definition) is 3. The first-order chi connectivity index (χ1) is 21.3. The van der Waals surface area contributed by atoms with Gasteiger partial charge in [-0.2, -0.15) is 18.3 Å². The smallest absolute Gasteiger partial charge is 0.348 e. The fourth-order valence-corrected chi connectivity index (χ4v) is 4.98. The minimum absolute atomic E-state index is 0.0721. The predicted molar refractivity (Wildman–Crippen MR) is 169 cm³/mol. The maximum absolute atomic E-state index is 13.2. The lowest BCUT2D eigenvalue weighted by molar-refractivity contribution is -0.137. The molecule has 4 aromatic carbocycles. The van der Waals surface area contributed by atoms with Crippen LogP contribution in [0.2, 0.25) is 0 Å². The quantitative estimate of drug-likeness (QED) is 0.195. The summed E-state index contributed by atoms with van der Waals surface area (Å²) in [6, 6.07) is 27.8. The number of nitrogens with zero attached hydrogens (tertiary/aromatic N) is 2. The van der Waals surface area contributed by atoms with Crippen molar-refractivity contribution in [2.45, 2.75) is 45.8 Å². The minimum atomic E-state index is -4.45. The standard InChI is InChI=1S/C36H33F3N4O2/c1-23-20-32(35(2,3)4)43(42-23)29-18-12-24(13-19-29)22-40-33(44)26-8-7-9-28(21-26)41-34(45)31-11-6-5-10-30(31)25-14-16-27(17-15-25)36(37,38)39/h5-21H,22H2,1-4H3,(H,40,44)(H,41,45). The van der Waals surface area contributed by atoms with Crippen LogP contribution in [-0.4, -0.2) is 21.6 Å². The van der Waals surface area contributed by atoms with Crippen LogP contribution in [0.25, 0.3) is 16.8 Å². The van der Waals surface area contributed by atoms with E-state index in [1.807, 2.05) is 35.9 Å². The molecule has 6 nitrogen and oxygen atoms in total. The number of nitrogens with one attached hydrogen (secondary N) is 2. The maximum atomic E-state index is 13.2. The highest BCUT2D eigenvalue weighted by atomic mass is 19.4. The number of hydrogen-bond donors (Lipinski definition) is 2. The Labute approximate surface area is 259 Å². The van der Waals surface area contributed by atoms with Crippen molar-refractivity contribution in [3.8, 4) is 16.8 Å². The first-order valence-corrected chi connectivity index (χ1v) is 14.4. The van der Waals surface area contributed by atoms with Gasteiger partial charge in [0.1, 0.15) is 0 Å². The van der Waals surface area contributed by atoms with E-state index in [-0.39, 0.29) is 16.9 Å². The summed E-state index contributed by atoms with van der Waals surface area (Å²) in [5.74, 6) is -0.761. The molecule has 1 aromatic heterocycles. The van der Waals surface area contributed by atoms with Gasteiger partial charge in [0.25, 0.3) is 11.8 Å². The van der Waals surface area contributed by atoms with Crippen LogP contribution in [0.3, 0.4) is 0 Å². The summed E-state index contributed by atoms with van der Waals surface area (Å²) in [4.78, 5) is 26.2. The molecule has 2 amide bonds. The van der Waals surface area contributed by atoms with Crippen molar-refractivity contribution in [1.29, 1.82) is 0 Å². The Hall–Kier alpha value is -5.18. The summed E-state index contributed by atoms with van der Waals surface area (Å²) in [6.07, 6.45) is -4.45. The maximum Gasteiger partial charge on any atom is 0.416 e. The third kappa shape index (κ3) is 7.32. The molecule has 9 heteroatoms. The largest absolute Gasteiger partial charge is 0.416 e. The summed E-state index contributed by atoms with van der Waals surface area (Å²) in [5, 5.41) is 10.4. The van der Waals surface area contributed by atoms with Crippen LogP contribution in [0.4, 0.5) is 18.9 Å². The van der Waals surface area contributed by atoms with E-state index in [1.54, 1.807) is 48.5 Å².